The molecule has 0 radical (unpaired) electrons. The van der Waals surface area contributed by atoms with Gasteiger partial charge in [-0.05, 0) is 43.4 Å². The molecule has 0 unspecified atom stereocenters. The Labute approximate surface area is 140 Å². The fourth-order valence-electron chi connectivity index (χ4n) is 3.18. The van der Waals surface area contributed by atoms with Crippen LogP contribution in [0.1, 0.15) is 50.5 Å². The summed E-state index contributed by atoms with van der Waals surface area (Å²) in [5.41, 5.74) is 1.10. The van der Waals surface area contributed by atoms with Crippen molar-refractivity contribution in [2.75, 3.05) is 20.3 Å². The molecule has 2 rings (SSSR count). The number of nitrogens with two attached hydrogens (primary N) is 1. The van der Waals surface area contributed by atoms with E-state index in [0.717, 1.165) is 17.9 Å². The Hall–Kier alpha value is -1.10. The lowest BCUT2D eigenvalue weighted by atomic mass is 9.96. The molecule has 4 nitrogen and oxygen atoms in total. The zero-order valence-corrected chi connectivity index (χ0v) is 14.4. The first-order valence-corrected chi connectivity index (χ1v) is 9.00. The van der Waals surface area contributed by atoms with Gasteiger partial charge in [0.05, 0.1) is 26.4 Å². The average Bonchev–Trinajstić information content (AvgIpc) is 2.54. The first-order chi connectivity index (χ1) is 11.3. The largest absolute Gasteiger partial charge is 0.497 e. The van der Waals surface area contributed by atoms with Crippen LogP contribution in [0.3, 0.4) is 0 Å². The third-order valence-corrected chi connectivity index (χ3v) is 4.63. The van der Waals surface area contributed by atoms with Crippen LogP contribution >= 0.6 is 0 Å². The molecule has 0 aliphatic heterocycles. The Balaban J connectivity index is 1.59. The molecule has 4 heteroatoms. The van der Waals surface area contributed by atoms with Crippen molar-refractivity contribution in [2.24, 2.45) is 0 Å². The third kappa shape index (κ3) is 7.34. The van der Waals surface area contributed by atoms with Crippen molar-refractivity contribution in [1.29, 1.82) is 0 Å². The van der Waals surface area contributed by atoms with Gasteiger partial charge in [-0.2, -0.15) is 0 Å². The van der Waals surface area contributed by atoms with Gasteiger partial charge in [-0.1, -0.05) is 31.4 Å². The van der Waals surface area contributed by atoms with Crippen LogP contribution in [-0.4, -0.2) is 37.5 Å². The smallest absolute Gasteiger partial charge is 0.126 e. The second-order valence-electron chi connectivity index (χ2n) is 6.59. The summed E-state index contributed by atoms with van der Waals surface area (Å²) in [4.78, 5) is 0. The summed E-state index contributed by atoms with van der Waals surface area (Å²) < 4.78 is 10.8. The molecule has 1 aromatic carbocycles. The molecule has 130 valence electrons. The fraction of sp³-hybridized carbons (Fsp3) is 0.684. The van der Waals surface area contributed by atoms with Crippen LogP contribution in [0.4, 0.5) is 0 Å². The number of aliphatic hydroxyl groups is 1. The van der Waals surface area contributed by atoms with E-state index in [1.165, 1.54) is 44.9 Å². The Morgan fingerprint density at radius 3 is 2.39 bits per heavy atom. The maximum absolute atomic E-state index is 10.1. The minimum Gasteiger partial charge on any atom is -0.497 e. The predicted octanol–water partition coefficient (Wildman–Crippen LogP) is 2.25. The highest BCUT2D eigenvalue weighted by Gasteiger charge is 2.16. The summed E-state index contributed by atoms with van der Waals surface area (Å²) in [6.07, 6.45) is 9.01. The zero-order valence-electron chi connectivity index (χ0n) is 14.4. The van der Waals surface area contributed by atoms with Crippen molar-refractivity contribution in [1.82, 2.24) is 0 Å². The number of quaternary nitrogens is 1. The summed E-state index contributed by atoms with van der Waals surface area (Å²) in [7, 11) is 1.66. The van der Waals surface area contributed by atoms with Crippen LogP contribution in [0, 0.1) is 0 Å². The molecule has 1 fully saturated rings. The second-order valence-corrected chi connectivity index (χ2v) is 6.59. The van der Waals surface area contributed by atoms with Crippen molar-refractivity contribution in [3.05, 3.63) is 29.8 Å². The van der Waals surface area contributed by atoms with Gasteiger partial charge in [0.1, 0.15) is 18.4 Å². The number of methoxy groups -OCH3 is 1. The number of rotatable bonds is 8. The lowest BCUT2D eigenvalue weighted by Gasteiger charge is -2.20. The standard InChI is InChI=1S/C19H31NO3/c1-22-19-11-9-16(10-12-19)14-23-15-18(21)13-20-17-7-5-3-2-4-6-8-17/h9-12,17-18,20-21H,2-8,13-15H2,1H3/p+1/t18-/m0/s1. The van der Waals surface area contributed by atoms with E-state index in [4.69, 9.17) is 9.47 Å². The Morgan fingerprint density at radius 2 is 1.74 bits per heavy atom. The quantitative estimate of drug-likeness (QED) is 0.772. The number of hydrogen-bond donors (Lipinski definition) is 2. The summed E-state index contributed by atoms with van der Waals surface area (Å²) in [5.74, 6) is 0.850. The molecule has 1 aliphatic carbocycles. The SMILES string of the molecule is COc1ccc(COC[C@@H](O)C[NH2+]C2CCCCCCC2)cc1. The molecule has 3 N–H and O–H groups in total. The first kappa shape index (κ1) is 18.2. The maximum atomic E-state index is 10.1. The van der Waals surface area contributed by atoms with Gasteiger partial charge in [0.15, 0.2) is 0 Å². The number of aliphatic hydroxyl groups excluding tert-OH is 1. The maximum Gasteiger partial charge on any atom is 0.126 e. The van der Waals surface area contributed by atoms with E-state index in [0.29, 0.717) is 19.3 Å². The summed E-state index contributed by atoms with van der Waals surface area (Å²) in [6.45, 7) is 1.67. The Morgan fingerprint density at radius 1 is 1.09 bits per heavy atom. The van der Waals surface area contributed by atoms with Gasteiger partial charge >= 0.3 is 0 Å². The summed E-state index contributed by atoms with van der Waals surface area (Å²) >= 11 is 0. The summed E-state index contributed by atoms with van der Waals surface area (Å²) in [5, 5.41) is 12.4. The van der Waals surface area contributed by atoms with E-state index in [1.54, 1.807) is 7.11 Å². The van der Waals surface area contributed by atoms with Crippen LogP contribution in [0.5, 0.6) is 5.75 Å². The molecule has 0 aromatic heterocycles. The topological polar surface area (TPSA) is 55.3 Å². The van der Waals surface area contributed by atoms with Crippen LogP contribution in [0.2, 0.25) is 0 Å². The Kier molecular flexibility index (Phi) is 8.43. The highest BCUT2D eigenvalue weighted by atomic mass is 16.5. The van der Waals surface area contributed by atoms with Crippen molar-refractivity contribution >= 4 is 0 Å². The molecule has 0 spiro atoms. The molecule has 1 atom stereocenters. The van der Waals surface area contributed by atoms with E-state index in [-0.39, 0.29) is 0 Å². The molecule has 23 heavy (non-hydrogen) atoms. The van der Waals surface area contributed by atoms with Crippen LogP contribution in [-0.2, 0) is 11.3 Å². The summed E-state index contributed by atoms with van der Waals surface area (Å²) in [6, 6.07) is 8.53. The average molecular weight is 322 g/mol. The highest BCUT2D eigenvalue weighted by Crippen LogP contribution is 2.15. The lowest BCUT2D eigenvalue weighted by Crippen LogP contribution is -2.92. The lowest BCUT2D eigenvalue weighted by molar-refractivity contribution is -0.696. The van der Waals surface area contributed by atoms with E-state index in [1.807, 2.05) is 24.3 Å². The predicted molar refractivity (Wildman–Crippen MR) is 91.6 cm³/mol. The van der Waals surface area contributed by atoms with E-state index in [2.05, 4.69) is 5.32 Å². The fourth-order valence-corrected chi connectivity index (χ4v) is 3.18. The first-order valence-electron chi connectivity index (χ1n) is 9.00. The van der Waals surface area contributed by atoms with Crippen molar-refractivity contribution in [3.63, 3.8) is 0 Å². The van der Waals surface area contributed by atoms with Gasteiger partial charge in [0.25, 0.3) is 0 Å². The van der Waals surface area contributed by atoms with Gasteiger partial charge in [-0.25, -0.2) is 0 Å². The van der Waals surface area contributed by atoms with Gasteiger partial charge in [0.2, 0.25) is 0 Å². The minimum absolute atomic E-state index is 0.390. The molecule has 0 saturated heterocycles. The molecule has 0 amide bonds. The molecule has 1 aliphatic rings. The van der Waals surface area contributed by atoms with Gasteiger partial charge in [-0.15, -0.1) is 0 Å². The van der Waals surface area contributed by atoms with Crippen molar-refractivity contribution in [3.8, 4) is 5.75 Å². The van der Waals surface area contributed by atoms with E-state index >= 15 is 0 Å². The normalized spacial score (nSPS) is 18.2. The Bertz CT molecular complexity index is 413. The number of benzene rings is 1. The zero-order chi connectivity index (χ0) is 16.3. The van der Waals surface area contributed by atoms with Gasteiger partial charge in [-0.3, -0.25) is 0 Å². The van der Waals surface area contributed by atoms with Crippen LogP contribution in [0.15, 0.2) is 24.3 Å². The van der Waals surface area contributed by atoms with E-state index in [9.17, 15) is 5.11 Å². The molecule has 1 aromatic rings. The molecule has 0 bridgehead atoms. The minimum atomic E-state index is -0.390. The van der Waals surface area contributed by atoms with Gasteiger partial charge < -0.3 is 19.9 Å². The van der Waals surface area contributed by atoms with Crippen molar-refractivity contribution in [2.45, 2.75) is 63.7 Å². The van der Waals surface area contributed by atoms with E-state index < -0.39 is 6.10 Å². The monoisotopic (exact) mass is 322 g/mol. The van der Waals surface area contributed by atoms with Crippen LogP contribution in [0.25, 0.3) is 0 Å². The van der Waals surface area contributed by atoms with Crippen molar-refractivity contribution < 1.29 is 19.9 Å². The molecule has 1 saturated carbocycles. The van der Waals surface area contributed by atoms with Crippen LogP contribution < -0.4 is 10.1 Å². The molecule has 0 heterocycles. The number of ether oxygens (including phenoxy) is 2. The molecular weight excluding hydrogens is 290 g/mol. The number of hydrogen-bond acceptors (Lipinski definition) is 3. The second kappa shape index (κ2) is 10.6. The highest BCUT2D eigenvalue weighted by molar-refractivity contribution is 5.26. The molecular formula is C19H32NO3+. The third-order valence-electron chi connectivity index (χ3n) is 4.63. The van der Waals surface area contributed by atoms with Gasteiger partial charge in [0, 0.05) is 0 Å².